The van der Waals surface area contributed by atoms with Gasteiger partial charge in [0.2, 0.25) is 0 Å². The second-order valence-electron chi connectivity index (χ2n) is 6.79. The smallest absolute Gasteiger partial charge is 0.126 e. The van der Waals surface area contributed by atoms with Crippen molar-refractivity contribution < 1.29 is 13.5 Å². The van der Waals surface area contributed by atoms with Crippen molar-refractivity contribution >= 4 is 0 Å². The van der Waals surface area contributed by atoms with Gasteiger partial charge < -0.3 is 4.74 Å². The first-order valence-corrected chi connectivity index (χ1v) is 9.54. The van der Waals surface area contributed by atoms with Gasteiger partial charge in [0.05, 0.1) is 5.60 Å². The van der Waals surface area contributed by atoms with Crippen molar-refractivity contribution in [2.75, 3.05) is 7.11 Å². The number of unbranched alkanes of at least 4 members (excludes halogenated alkanes) is 5. The molecule has 1 atom stereocenters. The molecule has 3 heteroatoms. The molecule has 1 unspecified atom stereocenters. The van der Waals surface area contributed by atoms with Gasteiger partial charge in [0.15, 0.2) is 0 Å². The summed E-state index contributed by atoms with van der Waals surface area (Å²) in [5.74, 6) is -0.987. The summed E-state index contributed by atoms with van der Waals surface area (Å²) in [5, 5.41) is 0. The number of halogens is 2. The number of ether oxygens (including phenoxy) is 1. The molecular weight excluding hydrogens is 306 g/mol. The predicted octanol–water partition coefficient (Wildman–Crippen LogP) is 7.00. The van der Waals surface area contributed by atoms with Crippen molar-refractivity contribution in [2.24, 2.45) is 0 Å². The Morgan fingerprint density at radius 3 is 1.92 bits per heavy atom. The van der Waals surface area contributed by atoms with Crippen molar-refractivity contribution in [2.45, 2.75) is 90.1 Å². The quantitative estimate of drug-likeness (QED) is 0.372. The summed E-state index contributed by atoms with van der Waals surface area (Å²) in [6.45, 7) is 6.40. The minimum Gasteiger partial charge on any atom is -0.378 e. The van der Waals surface area contributed by atoms with Crippen LogP contribution in [0.5, 0.6) is 0 Å². The van der Waals surface area contributed by atoms with Crippen LogP contribution in [0, 0.1) is 11.6 Å². The molecular formula is C21H34F2O. The first-order chi connectivity index (χ1) is 11.5. The minimum absolute atomic E-state index is 0.0221. The fourth-order valence-electron chi connectivity index (χ4n) is 3.81. The van der Waals surface area contributed by atoms with Crippen LogP contribution in [0.2, 0.25) is 0 Å². The van der Waals surface area contributed by atoms with E-state index in [2.05, 4.69) is 20.8 Å². The second kappa shape index (κ2) is 10.8. The molecule has 0 radical (unpaired) electrons. The maximum absolute atomic E-state index is 13.7. The van der Waals surface area contributed by atoms with Gasteiger partial charge in [-0.25, -0.2) is 8.78 Å². The lowest BCUT2D eigenvalue weighted by Gasteiger charge is -2.39. The summed E-state index contributed by atoms with van der Waals surface area (Å²) in [4.78, 5) is 0. The fourth-order valence-corrected chi connectivity index (χ4v) is 3.81. The van der Waals surface area contributed by atoms with E-state index >= 15 is 0 Å². The van der Waals surface area contributed by atoms with Gasteiger partial charge >= 0.3 is 0 Å². The zero-order chi connectivity index (χ0) is 18.0. The molecule has 0 aliphatic carbocycles. The summed E-state index contributed by atoms with van der Waals surface area (Å²) in [7, 11) is 1.72. The average molecular weight is 340 g/mol. The van der Waals surface area contributed by atoms with Gasteiger partial charge in [-0.15, -0.1) is 0 Å². The van der Waals surface area contributed by atoms with Crippen molar-refractivity contribution in [1.82, 2.24) is 0 Å². The molecule has 138 valence electrons. The highest BCUT2D eigenvalue weighted by Gasteiger charge is 2.36. The van der Waals surface area contributed by atoms with E-state index in [0.29, 0.717) is 0 Å². The normalized spacial score (nSPS) is 13.2. The van der Waals surface area contributed by atoms with Crippen molar-refractivity contribution in [3.8, 4) is 0 Å². The third-order valence-corrected chi connectivity index (χ3v) is 5.37. The molecule has 1 rings (SSSR count). The van der Waals surface area contributed by atoms with E-state index in [0.717, 1.165) is 37.3 Å². The van der Waals surface area contributed by atoms with Gasteiger partial charge in [-0.05, 0) is 37.0 Å². The molecule has 1 aromatic rings. The van der Waals surface area contributed by atoms with Gasteiger partial charge in [0.25, 0.3) is 0 Å². The Balaban J connectivity index is 2.91. The van der Waals surface area contributed by atoms with Crippen molar-refractivity contribution in [3.05, 3.63) is 35.4 Å². The van der Waals surface area contributed by atoms with Gasteiger partial charge in [-0.3, -0.25) is 0 Å². The molecule has 24 heavy (non-hydrogen) atoms. The van der Waals surface area contributed by atoms with E-state index in [-0.39, 0.29) is 11.5 Å². The average Bonchev–Trinajstić information content (AvgIpc) is 2.57. The van der Waals surface area contributed by atoms with E-state index in [9.17, 15) is 8.78 Å². The fraction of sp³-hybridized carbons (Fsp3) is 0.714. The van der Waals surface area contributed by atoms with E-state index < -0.39 is 11.6 Å². The highest BCUT2D eigenvalue weighted by molar-refractivity contribution is 5.25. The van der Waals surface area contributed by atoms with Gasteiger partial charge in [-0.2, -0.15) is 0 Å². The molecule has 0 fully saturated rings. The number of hydrogen-bond donors (Lipinski definition) is 0. The maximum atomic E-state index is 13.7. The topological polar surface area (TPSA) is 9.23 Å². The zero-order valence-corrected chi connectivity index (χ0v) is 15.8. The molecule has 0 saturated heterocycles. The van der Waals surface area contributed by atoms with Crippen LogP contribution >= 0.6 is 0 Å². The number of benzene rings is 1. The van der Waals surface area contributed by atoms with Crippen LogP contribution in [0.4, 0.5) is 8.78 Å². The number of methoxy groups -OCH3 is 1. The Bertz CT molecular complexity index is 440. The number of hydrogen-bond acceptors (Lipinski definition) is 1. The molecule has 0 aliphatic rings. The van der Waals surface area contributed by atoms with Gasteiger partial charge in [-0.1, -0.05) is 59.3 Å². The van der Waals surface area contributed by atoms with Crippen LogP contribution in [-0.4, -0.2) is 12.7 Å². The van der Waals surface area contributed by atoms with Crippen LogP contribution in [0.3, 0.4) is 0 Å². The first-order valence-electron chi connectivity index (χ1n) is 9.54. The number of rotatable bonds is 12. The van der Waals surface area contributed by atoms with Crippen LogP contribution < -0.4 is 0 Å². The van der Waals surface area contributed by atoms with Gasteiger partial charge in [0.1, 0.15) is 11.6 Å². The molecule has 0 saturated carbocycles. The lowest BCUT2D eigenvalue weighted by Crippen LogP contribution is -2.37. The molecule has 0 N–H and O–H groups in total. The van der Waals surface area contributed by atoms with E-state index in [4.69, 9.17) is 4.74 Å². The monoisotopic (exact) mass is 340 g/mol. The Hall–Kier alpha value is -0.960. The molecule has 0 aromatic heterocycles. The summed E-state index contributed by atoms with van der Waals surface area (Å²) in [5.41, 5.74) is 0.371. The molecule has 0 amide bonds. The lowest BCUT2D eigenvalue weighted by molar-refractivity contribution is -0.0426. The molecule has 0 aliphatic heterocycles. The van der Waals surface area contributed by atoms with Gasteiger partial charge in [0, 0.05) is 19.1 Å². The highest BCUT2D eigenvalue weighted by atomic mass is 19.1. The Kier molecular flexibility index (Phi) is 9.50. The Morgan fingerprint density at radius 1 is 0.875 bits per heavy atom. The maximum Gasteiger partial charge on any atom is 0.126 e. The third kappa shape index (κ3) is 5.84. The molecule has 0 heterocycles. The standard InChI is InChI=1S/C21H34F2O/c1-5-8-9-10-11-12-13-20(21(6-2,7-3)24-4)17-14-18(22)16-19(23)15-17/h14-16,20H,5-13H2,1-4H3. The highest BCUT2D eigenvalue weighted by Crippen LogP contribution is 2.40. The second-order valence-corrected chi connectivity index (χ2v) is 6.79. The van der Waals surface area contributed by atoms with E-state index in [1.165, 1.54) is 44.2 Å². The lowest BCUT2D eigenvalue weighted by atomic mass is 9.75. The van der Waals surface area contributed by atoms with E-state index in [1.807, 2.05) is 0 Å². The molecule has 0 spiro atoms. The summed E-state index contributed by atoms with van der Waals surface area (Å²) in [6.07, 6.45) is 9.83. The zero-order valence-electron chi connectivity index (χ0n) is 15.8. The van der Waals surface area contributed by atoms with E-state index in [1.54, 1.807) is 7.11 Å². The molecule has 1 nitrogen and oxygen atoms in total. The minimum atomic E-state index is -0.504. The Labute approximate surface area is 146 Å². The van der Waals surface area contributed by atoms with Crippen LogP contribution in [0.25, 0.3) is 0 Å². The summed E-state index contributed by atoms with van der Waals surface area (Å²) < 4.78 is 33.4. The van der Waals surface area contributed by atoms with Crippen molar-refractivity contribution in [3.63, 3.8) is 0 Å². The predicted molar refractivity (Wildman–Crippen MR) is 97.4 cm³/mol. The molecule has 1 aromatic carbocycles. The first kappa shape index (κ1) is 21.1. The SMILES string of the molecule is CCCCCCCCC(c1cc(F)cc(F)c1)C(CC)(CC)OC. The van der Waals surface area contributed by atoms with Crippen molar-refractivity contribution in [1.29, 1.82) is 0 Å². The largest absolute Gasteiger partial charge is 0.378 e. The Morgan fingerprint density at radius 2 is 1.42 bits per heavy atom. The summed E-state index contributed by atoms with van der Waals surface area (Å²) in [6, 6.07) is 3.89. The molecule has 0 bridgehead atoms. The van der Waals surface area contributed by atoms with Crippen LogP contribution in [0.15, 0.2) is 18.2 Å². The third-order valence-electron chi connectivity index (χ3n) is 5.37. The van der Waals surface area contributed by atoms with Crippen LogP contribution in [0.1, 0.15) is 90.0 Å². The summed E-state index contributed by atoms with van der Waals surface area (Å²) >= 11 is 0. The van der Waals surface area contributed by atoms with Crippen LogP contribution in [-0.2, 0) is 4.74 Å².